The van der Waals surface area contributed by atoms with Gasteiger partial charge in [-0.15, -0.1) is 0 Å². The first-order chi connectivity index (χ1) is 9.74. The van der Waals surface area contributed by atoms with Crippen molar-refractivity contribution in [1.29, 1.82) is 5.41 Å². The standard InChI is InChI=1S/C15H22N2O3/c1-19-15(18)14(17-8-10-20-11-9-17)12-6-4-2-3-5-7-13(12)16/h2,4,6,14,16H,3,5,7-11H2,1H3. The zero-order chi connectivity index (χ0) is 14.4. The molecule has 20 heavy (non-hydrogen) atoms. The van der Waals surface area contributed by atoms with Crippen molar-refractivity contribution in [3.8, 4) is 0 Å². The Morgan fingerprint density at radius 2 is 2.20 bits per heavy atom. The molecule has 0 bridgehead atoms. The highest BCUT2D eigenvalue weighted by atomic mass is 16.5. The third-order valence-corrected chi connectivity index (χ3v) is 3.69. The third-order valence-electron chi connectivity index (χ3n) is 3.69. The summed E-state index contributed by atoms with van der Waals surface area (Å²) in [5.74, 6) is -0.295. The molecule has 0 aromatic rings. The molecule has 1 unspecified atom stereocenters. The van der Waals surface area contributed by atoms with Gasteiger partial charge in [0.2, 0.25) is 0 Å². The lowest BCUT2D eigenvalue weighted by molar-refractivity contribution is -0.146. The molecule has 110 valence electrons. The molecular formula is C15H22N2O3. The van der Waals surface area contributed by atoms with Crippen LogP contribution in [0.25, 0.3) is 0 Å². The number of nitrogens with zero attached hydrogens (tertiary/aromatic N) is 1. The largest absolute Gasteiger partial charge is 0.468 e. The molecule has 1 aliphatic heterocycles. The second-order valence-electron chi connectivity index (χ2n) is 4.99. The van der Waals surface area contributed by atoms with Gasteiger partial charge in [-0.25, -0.2) is 4.79 Å². The maximum absolute atomic E-state index is 12.2. The molecule has 5 nitrogen and oxygen atoms in total. The lowest BCUT2D eigenvalue weighted by Crippen LogP contribution is -2.50. The van der Waals surface area contributed by atoms with E-state index < -0.39 is 6.04 Å². The number of carbonyl (C=O) groups excluding carboxylic acids is 1. The molecule has 1 fully saturated rings. The van der Waals surface area contributed by atoms with Crippen LogP contribution in [0.1, 0.15) is 19.3 Å². The van der Waals surface area contributed by atoms with Gasteiger partial charge in [0.05, 0.1) is 20.3 Å². The Balaban J connectivity index is 2.27. The second kappa shape index (κ2) is 7.36. The Morgan fingerprint density at radius 1 is 1.45 bits per heavy atom. The molecule has 1 N–H and O–H groups in total. The summed E-state index contributed by atoms with van der Waals surface area (Å²) in [5.41, 5.74) is 1.30. The maximum atomic E-state index is 12.2. The third kappa shape index (κ3) is 3.55. The molecule has 1 atom stereocenters. The van der Waals surface area contributed by atoms with E-state index in [9.17, 15) is 4.79 Å². The summed E-state index contributed by atoms with van der Waals surface area (Å²) in [6, 6.07) is -0.487. The summed E-state index contributed by atoms with van der Waals surface area (Å²) in [6.07, 6.45) is 8.54. The quantitative estimate of drug-likeness (QED) is 0.796. The highest BCUT2D eigenvalue weighted by Crippen LogP contribution is 2.20. The number of methoxy groups -OCH3 is 1. The summed E-state index contributed by atoms with van der Waals surface area (Å²) in [7, 11) is 1.40. The number of rotatable bonds is 3. The molecule has 0 saturated carbocycles. The molecule has 0 aromatic carbocycles. The Morgan fingerprint density at radius 3 is 2.90 bits per heavy atom. The molecule has 5 heteroatoms. The number of nitrogens with one attached hydrogen (secondary N) is 1. The van der Waals surface area contributed by atoms with E-state index in [0.717, 1.165) is 18.4 Å². The number of esters is 1. The summed E-state index contributed by atoms with van der Waals surface area (Å²) in [4.78, 5) is 14.2. The van der Waals surface area contributed by atoms with Crippen LogP contribution in [0.4, 0.5) is 0 Å². The van der Waals surface area contributed by atoms with E-state index in [1.165, 1.54) is 7.11 Å². The zero-order valence-electron chi connectivity index (χ0n) is 11.9. The van der Waals surface area contributed by atoms with Gasteiger partial charge in [-0.2, -0.15) is 0 Å². The van der Waals surface area contributed by atoms with Gasteiger partial charge in [0.25, 0.3) is 0 Å². The normalized spacial score (nSPS) is 22.6. The Hall–Kier alpha value is -1.46. The van der Waals surface area contributed by atoms with E-state index in [0.29, 0.717) is 38.4 Å². The summed E-state index contributed by atoms with van der Waals surface area (Å²) >= 11 is 0. The van der Waals surface area contributed by atoms with Gasteiger partial charge in [-0.05, 0) is 19.3 Å². The van der Waals surface area contributed by atoms with Gasteiger partial charge in [0.1, 0.15) is 6.04 Å². The minimum Gasteiger partial charge on any atom is -0.468 e. The van der Waals surface area contributed by atoms with Crippen LogP contribution < -0.4 is 0 Å². The van der Waals surface area contributed by atoms with Crippen molar-refractivity contribution in [1.82, 2.24) is 4.90 Å². The fourth-order valence-electron chi connectivity index (χ4n) is 2.59. The number of allylic oxidation sites excluding steroid dienone is 3. The number of hydrogen-bond acceptors (Lipinski definition) is 5. The maximum Gasteiger partial charge on any atom is 0.327 e. The molecule has 0 aromatic heterocycles. The monoisotopic (exact) mass is 278 g/mol. The molecule has 1 saturated heterocycles. The van der Waals surface area contributed by atoms with Crippen molar-refractivity contribution in [3.63, 3.8) is 0 Å². The van der Waals surface area contributed by atoms with Crippen LogP contribution in [0.15, 0.2) is 23.8 Å². The van der Waals surface area contributed by atoms with Crippen LogP contribution in [0.3, 0.4) is 0 Å². The first-order valence-electron chi connectivity index (χ1n) is 7.08. The fraction of sp³-hybridized carbons (Fsp3) is 0.600. The van der Waals surface area contributed by atoms with Gasteiger partial charge in [0, 0.05) is 24.4 Å². The molecule has 0 spiro atoms. The van der Waals surface area contributed by atoms with Crippen molar-refractivity contribution in [2.45, 2.75) is 25.3 Å². The van der Waals surface area contributed by atoms with Crippen molar-refractivity contribution in [2.24, 2.45) is 0 Å². The van der Waals surface area contributed by atoms with Crippen LogP contribution in [-0.4, -0.2) is 56.0 Å². The average Bonchev–Trinajstić information content (AvgIpc) is 2.47. The van der Waals surface area contributed by atoms with Crippen molar-refractivity contribution in [3.05, 3.63) is 23.8 Å². The van der Waals surface area contributed by atoms with Crippen LogP contribution in [-0.2, 0) is 14.3 Å². The Kier molecular flexibility index (Phi) is 5.49. The molecule has 1 aliphatic carbocycles. The van der Waals surface area contributed by atoms with Gasteiger partial charge >= 0.3 is 5.97 Å². The van der Waals surface area contributed by atoms with Crippen LogP contribution >= 0.6 is 0 Å². The highest BCUT2D eigenvalue weighted by Gasteiger charge is 2.33. The minimum atomic E-state index is -0.487. The number of ether oxygens (including phenoxy) is 2. The fourth-order valence-corrected chi connectivity index (χ4v) is 2.59. The molecule has 2 rings (SSSR count). The van der Waals surface area contributed by atoms with Gasteiger partial charge in [0.15, 0.2) is 0 Å². The van der Waals surface area contributed by atoms with Gasteiger partial charge in [-0.1, -0.05) is 18.2 Å². The first-order valence-corrected chi connectivity index (χ1v) is 7.08. The minimum absolute atomic E-state index is 0.295. The van der Waals surface area contributed by atoms with Gasteiger partial charge in [-0.3, -0.25) is 4.90 Å². The van der Waals surface area contributed by atoms with Crippen LogP contribution in [0.5, 0.6) is 0 Å². The highest BCUT2D eigenvalue weighted by molar-refractivity contribution is 6.04. The number of carbonyl (C=O) groups is 1. The molecule has 1 heterocycles. The predicted molar refractivity (Wildman–Crippen MR) is 77.0 cm³/mol. The van der Waals surface area contributed by atoms with E-state index in [1.807, 2.05) is 17.1 Å². The van der Waals surface area contributed by atoms with E-state index in [4.69, 9.17) is 14.9 Å². The summed E-state index contributed by atoms with van der Waals surface area (Å²) in [6.45, 7) is 2.61. The molecule has 0 amide bonds. The van der Waals surface area contributed by atoms with E-state index >= 15 is 0 Å². The summed E-state index contributed by atoms with van der Waals surface area (Å²) < 4.78 is 10.3. The zero-order valence-corrected chi connectivity index (χ0v) is 11.9. The number of morpholine rings is 1. The molecule has 2 aliphatic rings. The Bertz CT molecular complexity index is 423. The smallest absolute Gasteiger partial charge is 0.327 e. The SMILES string of the molecule is COC(=O)C(C1=CC=CCCCC1=N)N1CCOCC1. The molecular weight excluding hydrogens is 256 g/mol. The summed E-state index contributed by atoms with van der Waals surface area (Å²) in [5, 5.41) is 8.23. The topological polar surface area (TPSA) is 62.6 Å². The van der Waals surface area contributed by atoms with E-state index in [-0.39, 0.29) is 5.97 Å². The number of hydrogen-bond donors (Lipinski definition) is 1. The van der Waals surface area contributed by atoms with Gasteiger partial charge < -0.3 is 14.9 Å². The van der Waals surface area contributed by atoms with Crippen molar-refractivity contribution < 1.29 is 14.3 Å². The van der Waals surface area contributed by atoms with Crippen LogP contribution in [0.2, 0.25) is 0 Å². The van der Waals surface area contributed by atoms with Crippen molar-refractivity contribution in [2.75, 3.05) is 33.4 Å². The van der Waals surface area contributed by atoms with Crippen molar-refractivity contribution >= 4 is 11.7 Å². The van der Waals surface area contributed by atoms with E-state index in [1.54, 1.807) is 0 Å². The second-order valence-corrected chi connectivity index (χ2v) is 4.99. The average molecular weight is 278 g/mol. The predicted octanol–water partition coefficient (Wildman–Crippen LogP) is 1.55. The van der Waals surface area contributed by atoms with E-state index in [2.05, 4.69) is 6.08 Å². The Labute approximate surface area is 119 Å². The molecule has 0 radical (unpaired) electrons. The first kappa shape index (κ1) is 14.9. The van der Waals surface area contributed by atoms with Crippen LogP contribution in [0, 0.1) is 5.41 Å². The lowest BCUT2D eigenvalue weighted by Gasteiger charge is -2.34. The lowest BCUT2D eigenvalue weighted by atomic mass is 9.94.